The van der Waals surface area contributed by atoms with Crippen LogP contribution in [0.1, 0.15) is 46.5 Å². The van der Waals surface area contributed by atoms with Crippen LogP contribution >= 0.6 is 21.6 Å². The third kappa shape index (κ3) is 12.3. The maximum absolute atomic E-state index is 11.4. The highest BCUT2D eigenvalue weighted by atomic mass is 33.1. The maximum Gasteiger partial charge on any atom is 0.306 e. The molecule has 0 atom stereocenters. The van der Waals surface area contributed by atoms with Gasteiger partial charge in [0.05, 0.1) is 19.4 Å². The van der Waals surface area contributed by atoms with E-state index in [2.05, 4.69) is 25.7 Å². The van der Waals surface area contributed by atoms with E-state index in [1.165, 1.54) is 11.3 Å². The van der Waals surface area contributed by atoms with E-state index in [1.807, 2.05) is 24.9 Å². The minimum atomic E-state index is -0.983. The van der Waals surface area contributed by atoms with Crippen molar-refractivity contribution in [3.63, 3.8) is 0 Å². The van der Waals surface area contributed by atoms with Crippen LogP contribution in [0, 0.1) is 5.92 Å². The van der Waals surface area contributed by atoms with Crippen molar-refractivity contribution >= 4 is 33.5 Å². The highest BCUT2D eigenvalue weighted by Gasteiger charge is 2.10. The second kappa shape index (κ2) is 12.6. The summed E-state index contributed by atoms with van der Waals surface area (Å²) in [6.45, 7) is 6.77. The zero-order valence-electron chi connectivity index (χ0n) is 14.8. The van der Waals surface area contributed by atoms with E-state index in [4.69, 9.17) is 9.84 Å². The molecular formula is C16H29NO4S2. The van der Waals surface area contributed by atoms with Crippen molar-refractivity contribution in [3.05, 3.63) is 10.6 Å². The molecule has 0 aromatic carbocycles. The Morgan fingerprint density at radius 3 is 2.35 bits per heavy atom. The summed E-state index contributed by atoms with van der Waals surface area (Å²) in [5.74, 6) is 0.348. The number of rotatable bonds is 12. The molecule has 0 aliphatic heterocycles. The predicted octanol–water partition coefficient (Wildman–Crippen LogP) is 4.01. The van der Waals surface area contributed by atoms with Gasteiger partial charge in [-0.25, -0.2) is 0 Å². The van der Waals surface area contributed by atoms with Gasteiger partial charge in [-0.2, -0.15) is 0 Å². The van der Waals surface area contributed by atoms with Crippen LogP contribution in [-0.2, 0) is 14.3 Å². The van der Waals surface area contributed by atoms with E-state index in [-0.39, 0.29) is 19.4 Å². The Bertz CT molecular complexity index is 409. The van der Waals surface area contributed by atoms with Gasteiger partial charge >= 0.3 is 11.9 Å². The van der Waals surface area contributed by atoms with Gasteiger partial charge in [0.2, 0.25) is 0 Å². The van der Waals surface area contributed by atoms with Gasteiger partial charge in [0.1, 0.15) is 0 Å². The summed E-state index contributed by atoms with van der Waals surface area (Å²) in [5.41, 5.74) is 1.16. The fourth-order valence-electron chi connectivity index (χ4n) is 1.47. The molecule has 0 rings (SSSR count). The summed E-state index contributed by atoms with van der Waals surface area (Å²) >= 11 is 0. The lowest BCUT2D eigenvalue weighted by Crippen LogP contribution is -2.12. The number of hydrogen-bond donors (Lipinski definition) is 1. The Kier molecular flexibility index (Phi) is 12.1. The molecule has 0 aliphatic carbocycles. The second-order valence-electron chi connectivity index (χ2n) is 5.86. The van der Waals surface area contributed by atoms with Crippen LogP contribution in [0.15, 0.2) is 10.6 Å². The molecule has 134 valence electrons. The molecule has 1 N–H and O–H groups in total. The number of ether oxygens (including phenoxy) is 1. The average Bonchev–Trinajstić information content (AvgIpc) is 2.46. The van der Waals surface area contributed by atoms with Gasteiger partial charge in [-0.1, -0.05) is 35.4 Å². The lowest BCUT2D eigenvalue weighted by molar-refractivity contribution is -0.147. The third-order valence-electron chi connectivity index (χ3n) is 3.15. The number of allylic oxidation sites excluding steroid dienone is 1. The van der Waals surface area contributed by atoms with Crippen LogP contribution in [-0.4, -0.2) is 48.4 Å². The van der Waals surface area contributed by atoms with Gasteiger partial charge in [0.25, 0.3) is 0 Å². The average molecular weight is 364 g/mol. The topological polar surface area (TPSA) is 66.8 Å². The molecule has 7 heteroatoms. The molecule has 0 heterocycles. The molecule has 0 aromatic heterocycles. The largest absolute Gasteiger partial charge is 0.481 e. The lowest BCUT2D eigenvalue weighted by atomic mass is 10.2. The first-order valence-electron chi connectivity index (χ1n) is 7.78. The van der Waals surface area contributed by atoms with Crippen LogP contribution in [0.3, 0.4) is 0 Å². The monoisotopic (exact) mass is 363 g/mol. The maximum atomic E-state index is 11.4. The Labute approximate surface area is 147 Å². The summed E-state index contributed by atoms with van der Waals surface area (Å²) in [6.07, 6.45) is 1.58. The van der Waals surface area contributed by atoms with Gasteiger partial charge in [-0.15, -0.1) is 0 Å². The lowest BCUT2D eigenvalue weighted by Gasteiger charge is -2.18. The van der Waals surface area contributed by atoms with Crippen molar-refractivity contribution in [1.29, 1.82) is 0 Å². The molecule has 0 fully saturated rings. The number of aliphatic carboxylic acids is 1. The van der Waals surface area contributed by atoms with Crippen molar-refractivity contribution < 1.29 is 19.4 Å². The van der Waals surface area contributed by atoms with Crippen LogP contribution in [0.25, 0.3) is 0 Å². The highest BCUT2D eigenvalue weighted by molar-refractivity contribution is 8.78. The van der Waals surface area contributed by atoms with Gasteiger partial charge < -0.3 is 14.7 Å². The van der Waals surface area contributed by atoms with Gasteiger partial charge in [-0.05, 0) is 19.3 Å². The molecule has 0 bridgehead atoms. The highest BCUT2D eigenvalue weighted by Crippen LogP contribution is 2.35. The normalized spacial score (nSPS) is 12.1. The smallest absolute Gasteiger partial charge is 0.306 e. The number of carbonyl (C=O) groups excluding carboxylic acids is 1. The van der Waals surface area contributed by atoms with E-state index in [9.17, 15) is 9.59 Å². The third-order valence-corrected chi connectivity index (χ3v) is 5.83. The number of carbonyl (C=O) groups is 2. The van der Waals surface area contributed by atoms with Gasteiger partial charge in [-0.3, -0.25) is 9.59 Å². The summed E-state index contributed by atoms with van der Waals surface area (Å²) < 4.78 is 5.12. The molecule has 0 aliphatic rings. The number of hydrogen-bond acceptors (Lipinski definition) is 6. The molecule has 23 heavy (non-hydrogen) atoms. The summed E-state index contributed by atoms with van der Waals surface area (Å²) in [6, 6.07) is 0. The van der Waals surface area contributed by atoms with Crippen LogP contribution < -0.4 is 0 Å². The quantitative estimate of drug-likeness (QED) is 0.319. The summed E-state index contributed by atoms with van der Waals surface area (Å²) in [5, 5.41) is 8.54. The fourth-order valence-corrected chi connectivity index (χ4v) is 4.31. The van der Waals surface area contributed by atoms with E-state index in [0.29, 0.717) is 12.3 Å². The minimum Gasteiger partial charge on any atom is -0.481 e. The molecule has 0 radical (unpaired) electrons. The first-order chi connectivity index (χ1) is 10.7. The van der Waals surface area contributed by atoms with Crippen molar-refractivity contribution in [2.75, 3.05) is 26.5 Å². The first-order valence-corrected chi connectivity index (χ1v) is 10.1. The Balaban J connectivity index is 4.30. The molecule has 0 amide bonds. The van der Waals surface area contributed by atoms with Crippen LogP contribution in [0.4, 0.5) is 0 Å². The molecule has 0 spiro atoms. The van der Waals surface area contributed by atoms with Crippen molar-refractivity contribution in [1.82, 2.24) is 4.90 Å². The predicted molar refractivity (Wildman–Crippen MR) is 98.3 cm³/mol. The van der Waals surface area contributed by atoms with Crippen LogP contribution in [0.2, 0.25) is 0 Å². The van der Waals surface area contributed by atoms with E-state index < -0.39 is 11.9 Å². The Morgan fingerprint density at radius 2 is 1.83 bits per heavy atom. The van der Waals surface area contributed by atoms with E-state index in [0.717, 1.165) is 11.4 Å². The molecular weight excluding hydrogens is 334 g/mol. The number of nitrogens with zero attached hydrogens (tertiary/aromatic N) is 1. The zero-order valence-corrected chi connectivity index (χ0v) is 16.4. The van der Waals surface area contributed by atoms with Gasteiger partial charge in [0, 0.05) is 36.9 Å². The first kappa shape index (κ1) is 22.2. The van der Waals surface area contributed by atoms with Crippen molar-refractivity contribution in [2.45, 2.75) is 46.5 Å². The van der Waals surface area contributed by atoms with Crippen molar-refractivity contribution in [2.24, 2.45) is 5.92 Å². The molecule has 0 saturated carbocycles. The van der Waals surface area contributed by atoms with Crippen molar-refractivity contribution in [3.8, 4) is 0 Å². The van der Waals surface area contributed by atoms with E-state index >= 15 is 0 Å². The van der Waals surface area contributed by atoms with E-state index in [1.54, 1.807) is 10.8 Å². The molecule has 0 saturated heterocycles. The number of carboxylic acid groups (broad SMARTS) is 1. The summed E-state index contributed by atoms with van der Waals surface area (Å²) in [7, 11) is 7.55. The fraction of sp³-hybridized carbons (Fsp3) is 0.750. The second-order valence-corrected chi connectivity index (χ2v) is 8.37. The van der Waals surface area contributed by atoms with Gasteiger partial charge in [0.15, 0.2) is 0 Å². The van der Waals surface area contributed by atoms with Crippen LogP contribution in [0.5, 0.6) is 0 Å². The zero-order chi connectivity index (χ0) is 17.8. The molecule has 0 aromatic rings. The standard InChI is InChI=1S/C16H29NO4S2/c1-12(2)9-11-22-23-14(13(3)17(4)5)8-10-21-16(20)7-6-15(18)19/h12H,6-11H2,1-5H3,(H,18,19)/b14-13-. The Hall–Kier alpha value is -0.820. The number of esters is 1. The Morgan fingerprint density at radius 1 is 1.17 bits per heavy atom. The number of carboxylic acids is 1. The molecule has 0 unspecified atom stereocenters. The minimum absolute atomic E-state index is 0.0721. The molecule has 5 nitrogen and oxygen atoms in total. The SMILES string of the molecule is C/C(=C(\CCOC(=O)CCC(=O)O)SSCCC(C)C)N(C)C. The summed E-state index contributed by atoms with van der Waals surface area (Å²) in [4.78, 5) is 25.1.